The average Bonchev–Trinajstić information content (AvgIpc) is 2.11. The minimum absolute atomic E-state index is 0.0201. The highest BCUT2D eigenvalue weighted by Gasteiger charge is 2.19. The Balaban J connectivity index is 3.73. The van der Waals surface area contributed by atoms with Gasteiger partial charge in [-0.1, -0.05) is 0 Å². The van der Waals surface area contributed by atoms with Crippen LogP contribution in [0, 0.1) is 0 Å². The molecule has 0 aliphatic carbocycles. The maximum absolute atomic E-state index is 11.1. The molecule has 0 aromatic carbocycles. The monoisotopic (exact) mass is 217 g/mol. The quantitative estimate of drug-likeness (QED) is 0.379. The molecule has 0 heterocycles. The minimum Gasteiger partial charge on any atom is -0.465 e. The van der Waals surface area contributed by atoms with E-state index in [-0.39, 0.29) is 11.9 Å². The van der Waals surface area contributed by atoms with E-state index in [9.17, 15) is 9.59 Å². The first-order valence-corrected chi connectivity index (χ1v) is 5.00. The van der Waals surface area contributed by atoms with E-state index >= 15 is 0 Å². The van der Waals surface area contributed by atoms with Crippen molar-refractivity contribution < 1.29 is 18.8 Å². The number of methoxy groups -OCH3 is 1. The van der Waals surface area contributed by atoms with Crippen LogP contribution in [0.2, 0.25) is 0 Å². The summed E-state index contributed by atoms with van der Waals surface area (Å²) in [5, 5.41) is 2.72. The molecule has 0 fully saturated rings. The lowest BCUT2D eigenvalue weighted by molar-refractivity contribution is -0.883. The summed E-state index contributed by atoms with van der Waals surface area (Å²) in [7, 11) is 5.31. The van der Waals surface area contributed by atoms with Crippen molar-refractivity contribution in [1.82, 2.24) is 5.32 Å². The molecular formula is C10H21N2O3+. The summed E-state index contributed by atoms with van der Waals surface area (Å²) in [4.78, 5) is 21.7. The van der Waals surface area contributed by atoms with Gasteiger partial charge in [0.15, 0.2) is 6.54 Å². The number of nitrogens with one attached hydrogen (secondary N) is 1. The molecule has 0 rings (SSSR count). The second-order valence-electron chi connectivity index (χ2n) is 4.23. The van der Waals surface area contributed by atoms with Crippen LogP contribution >= 0.6 is 0 Å². The predicted molar refractivity (Wildman–Crippen MR) is 57.2 cm³/mol. The van der Waals surface area contributed by atoms with Gasteiger partial charge in [0, 0.05) is 19.9 Å². The SMILES string of the molecule is COC(=O)C[N+](C)(C)CCCNC(C)=O. The van der Waals surface area contributed by atoms with Crippen molar-refractivity contribution in [2.45, 2.75) is 13.3 Å². The number of esters is 1. The van der Waals surface area contributed by atoms with Gasteiger partial charge in [-0.2, -0.15) is 0 Å². The van der Waals surface area contributed by atoms with Gasteiger partial charge in [0.25, 0.3) is 0 Å². The maximum atomic E-state index is 11.1. The highest BCUT2D eigenvalue weighted by Crippen LogP contribution is 1.99. The van der Waals surface area contributed by atoms with Crippen molar-refractivity contribution in [3.63, 3.8) is 0 Å². The lowest BCUT2D eigenvalue weighted by atomic mass is 10.3. The fourth-order valence-corrected chi connectivity index (χ4v) is 1.26. The number of nitrogens with zero attached hydrogens (tertiary/aromatic N) is 1. The van der Waals surface area contributed by atoms with Crippen LogP contribution in [0.3, 0.4) is 0 Å². The van der Waals surface area contributed by atoms with Gasteiger partial charge in [0.1, 0.15) is 0 Å². The van der Waals surface area contributed by atoms with Gasteiger partial charge in [0.2, 0.25) is 5.91 Å². The van der Waals surface area contributed by atoms with Gasteiger partial charge >= 0.3 is 5.97 Å². The van der Waals surface area contributed by atoms with Crippen LogP contribution in [0.1, 0.15) is 13.3 Å². The molecule has 0 radical (unpaired) electrons. The van der Waals surface area contributed by atoms with Crippen molar-refractivity contribution in [2.75, 3.05) is 40.8 Å². The van der Waals surface area contributed by atoms with Crippen LogP contribution < -0.4 is 5.32 Å². The number of quaternary nitrogens is 1. The summed E-state index contributed by atoms with van der Waals surface area (Å²) in [6.45, 7) is 3.33. The van der Waals surface area contributed by atoms with E-state index in [1.54, 1.807) is 0 Å². The van der Waals surface area contributed by atoms with Gasteiger partial charge in [-0.05, 0) is 0 Å². The Kier molecular flexibility index (Phi) is 5.93. The number of ether oxygens (including phenoxy) is 1. The Labute approximate surface area is 91.0 Å². The highest BCUT2D eigenvalue weighted by molar-refractivity contribution is 5.72. The molecule has 0 unspecified atom stereocenters. The van der Waals surface area contributed by atoms with Crippen LogP contribution in [-0.4, -0.2) is 57.2 Å². The summed E-state index contributed by atoms with van der Waals surface area (Å²) in [5.74, 6) is -0.229. The van der Waals surface area contributed by atoms with E-state index in [2.05, 4.69) is 10.1 Å². The van der Waals surface area contributed by atoms with Crippen molar-refractivity contribution in [3.8, 4) is 0 Å². The molecular weight excluding hydrogens is 196 g/mol. The fourth-order valence-electron chi connectivity index (χ4n) is 1.26. The van der Waals surface area contributed by atoms with Crippen LogP contribution in [-0.2, 0) is 14.3 Å². The smallest absolute Gasteiger partial charge is 0.361 e. The van der Waals surface area contributed by atoms with Gasteiger partial charge in [-0.15, -0.1) is 0 Å². The number of likely N-dealkylation sites (N-methyl/N-ethyl adjacent to an activating group) is 1. The molecule has 0 bridgehead atoms. The third-order valence-electron chi connectivity index (χ3n) is 2.10. The third-order valence-corrected chi connectivity index (χ3v) is 2.10. The van der Waals surface area contributed by atoms with Gasteiger partial charge in [-0.3, -0.25) is 4.79 Å². The number of rotatable bonds is 6. The second-order valence-corrected chi connectivity index (χ2v) is 4.23. The molecule has 1 N–H and O–H groups in total. The zero-order valence-corrected chi connectivity index (χ0v) is 10.0. The Hall–Kier alpha value is -1.10. The summed E-state index contributed by atoms with van der Waals surface area (Å²) in [6, 6.07) is 0. The Bertz CT molecular complexity index is 227. The molecule has 88 valence electrons. The zero-order valence-electron chi connectivity index (χ0n) is 10.0. The first-order chi connectivity index (χ1) is 6.87. The Morgan fingerprint density at radius 3 is 2.40 bits per heavy atom. The number of carbonyl (C=O) groups excluding carboxylic acids is 2. The molecule has 5 heteroatoms. The number of hydrogen-bond acceptors (Lipinski definition) is 3. The van der Waals surface area contributed by atoms with E-state index < -0.39 is 0 Å². The van der Waals surface area contributed by atoms with Gasteiger partial charge < -0.3 is 14.5 Å². The normalized spacial score (nSPS) is 10.9. The first-order valence-electron chi connectivity index (χ1n) is 5.00. The van der Waals surface area contributed by atoms with E-state index in [1.807, 2.05) is 14.1 Å². The molecule has 0 spiro atoms. The van der Waals surface area contributed by atoms with E-state index in [0.717, 1.165) is 13.0 Å². The average molecular weight is 217 g/mol. The van der Waals surface area contributed by atoms with Crippen molar-refractivity contribution >= 4 is 11.9 Å². The molecule has 0 aliphatic heterocycles. The second kappa shape index (κ2) is 6.40. The third kappa shape index (κ3) is 7.93. The van der Waals surface area contributed by atoms with Crippen LogP contribution in [0.15, 0.2) is 0 Å². The van der Waals surface area contributed by atoms with E-state index in [0.29, 0.717) is 17.6 Å². The molecule has 0 saturated carbocycles. The lowest BCUT2D eigenvalue weighted by Gasteiger charge is -2.28. The number of amides is 1. The molecule has 5 nitrogen and oxygen atoms in total. The van der Waals surface area contributed by atoms with Gasteiger partial charge in [0.05, 0.1) is 27.7 Å². The van der Waals surface area contributed by atoms with E-state index in [1.165, 1.54) is 14.0 Å². The number of hydrogen-bond donors (Lipinski definition) is 1. The predicted octanol–water partition coefficient (Wildman–Crippen LogP) is -0.238. The topological polar surface area (TPSA) is 55.4 Å². The van der Waals surface area contributed by atoms with E-state index in [4.69, 9.17) is 0 Å². The minimum atomic E-state index is -0.209. The molecule has 0 aromatic rings. The van der Waals surface area contributed by atoms with Crippen LogP contribution in [0.5, 0.6) is 0 Å². The summed E-state index contributed by atoms with van der Waals surface area (Å²) in [5.41, 5.74) is 0. The summed E-state index contributed by atoms with van der Waals surface area (Å²) < 4.78 is 5.18. The van der Waals surface area contributed by atoms with Gasteiger partial charge in [-0.25, -0.2) is 4.79 Å². The maximum Gasteiger partial charge on any atom is 0.361 e. The molecule has 0 atom stereocenters. The standard InChI is InChI=1S/C10H20N2O3/c1-9(13)11-6-5-7-12(2,3)8-10(14)15-4/h5-8H2,1-4H3/p+1. The Morgan fingerprint density at radius 1 is 1.33 bits per heavy atom. The largest absolute Gasteiger partial charge is 0.465 e. The van der Waals surface area contributed by atoms with Crippen LogP contribution in [0.25, 0.3) is 0 Å². The van der Waals surface area contributed by atoms with Crippen LogP contribution in [0.4, 0.5) is 0 Å². The first kappa shape index (κ1) is 13.9. The van der Waals surface area contributed by atoms with Crippen molar-refractivity contribution in [3.05, 3.63) is 0 Å². The fraction of sp³-hybridized carbons (Fsp3) is 0.800. The summed E-state index contributed by atoms with van der Waals surface area (Å²) in [6.07, 6.45) is 0.851. The highest BCUT2D eigenvalue weighted by atomic mass is 16.5. The number of carbonyl (C=O) groups is 2. The molecule has 15 heavy (non-hydrogen) atoms. The zero-order chi connectivity index (χ0) is 11.9. The molecule has 0 saturated heterocycles. The van der Waals surface area contributed by atoms with Crippen molar-refractivity contribution in [1.29, 1.82) is 0 Å². The van der Waals surface area contributed by atoms with Crippen molar-refractivity contribution in [2.24, 2.45) is 0 Å². The molecule has 0 aromatic heterocycles. The molecule has 1 amide bonds. The molecule has 0 aliphatic rings. The summed E-state index contributed by atoms with van der Waals surface area (Å²) >= 11 is 0. The Morgan fingerprint density at radius 2 is 1.93 bits per heavy atom. The lowest BCUT2D eigenvalue weighted by Crippen LogP contribution is -2.45.